The summed E-state index contributed by atoms with van der Waals surface area (Å²) < 4.78 is 28.0. The average Bonchev–Trinajstić information content (AvgIpc) is 3.15. The molecule has 0 saturated carbocycles. The summed E-state index contributed by atoms with van der Waals surface area (Å²) >= 11 is 1.11. The lowest BCUT2D eigenvalue weighted by Gasteiger charge is -2.43. The fourth-order valence-electron chi connectivity index (χ4n) is 4.63. The van der Waals surface area contributed by atoms with E-state index in [0.717, 1.165) is 22.2 Å². The van der Waals surface area contributed by atoms with Crippen molar-refractivity contribution in [3.63, 3.8) is 0 Å². The molecule has 3 aliphatic rings. The summed E-state index contributed by atoms with van der Waals surface area (Å²) in [5.41, 5.74) is 0.941. The van der Waals surface area contributed by atoms with Crippen molar-refractivity contribution in [2.45, 2.75) is 29.7 Å². The normalized spacial score (nSPS) is 24.2. The SMILES string of the molecule is C[C@@H](O)[C@H]1C(=O)N2C(C(=O)O)=C(CN3c4cc(CCO)cc5cccc(c45)S3(=O)=O)S[C@H]12. The Morgan fingerprint density at radius 1 is 1.28 bits per heavy atom. The van der Waals surface area contributed by atoms with Crippen molar-refractivity contribution in [2.75, 3.05) is 17.5 Å². The third-order valence-electron chi connectivity index (χ3n) is 6.08. The van der Waals surface area contributed by atoms with Crippen LogP contribution in [0.3, 0.4) is 0 Å². The fraction of sp³-hybridized carbons (Fsp3) is 0.333. The minimum Gasteiger partial charge on any atom is -0.477 e. The van der Waals surface area contributed by atoms with Crippen molar-refractivity contribution >= 4 is 50.1 Å². The number of benzene rings is 2. The molecule has 3 heterocycles. The first-order chi connectivity index (χ1) is 15.2. The highest BCUT2D eigenvalue weighted by Gasteiger charge is 2.58. The van der Waals surface area contributed by atoms with Gasteiger partial charge < -0.3 is 15.3 Å². The van der Waals surface area contributed by atoms with E-state index in [4.69, 9.17) is 0 Å². The maximum atomic E-state index is 13.4. The number of thioether (sulfide) groups is 1. The first-order valence-corrected chi connectivity index (χ1v) is 12.3. The second-order valence-electron chi connectivity index (χ2n) is 8.01. The number of amides is 1. The molecule has 1 amide bonds. The lowest BCUT2D eigenvalue weighted by atomic mass is 9.92. The highest BCUT2D eigenvalue weighted by Crippen LogP contribution is 2.52. The van der Waals surface area contributed by atoms with E-state index in [1.165, 1.54) is 17.3 Å². The summed E-state index contributed by atoms with van der Waals surface area (Å²) in [5, 5.41) is 29.7. The van der Waals surface area contributed by atoms with E-state index < -0.39 is 39.3 Å². The molecule has 0 aliphatic carbocycles. The molecule has 3 N–H and O–H groups in total. The first-order valence-electron chi connectivity index (χ1n) is 10.00. The van der Waals surface area contributed by atoms with E-state index in [-0.39, 0.29) is 28.6 Å². The highest BCUT2D eigenvalue weighted by molar-refractivity contribution is 8.04. The summed E-state index contributed by atoms with van der Waals surface area (Å²) in [7, 11) is -3.95. The molecule has 168 valence electrons. The van der Waals surface area contributed by atoms with Crippen molar-refractivity contribution < 1.29 is 33.3 Å². The van der Waals surface area contributed by atoms with E-state index in [2.05, 4.69) is 0 Å². The zero-order chi connectivity index (χ0) is 22.9. The van der Waals surface area contributed by atoms with Gasteiger partial charge >= 0.3 is 5.97 Å². The standard InChI is InChI=1S/C21H20N2O7S2/c1-10(25)16-19(26)23-18(21(27)28)14(31-20(16)23)9-22-13-8-11(5-6-24)7-12-3-2-4-15(17(12)13)32(22,29)30/h2-4,7-8,10,16,20,24-25H,5-6,9H2,1H3,(H,27,28)/t10-,16+,20-/m1/s1. The van der Waals surface area contributed by atoms with Crippen LogP contribution in [0.2, 0.25) is 0 Å². The number of carboxylic acids is 1. The van der Waals surface area contributed by atoms with E-state index >= 15 is 0 Å². The van der Waals surface area contributed by atoms with Crippen molar-refractivity contribution in [2.24, 2.45) is 5.92 Å². The Labute approximate surface area is 188 Å². The molecule has 2 aromatic carbocycles. The third-order valence-corrected chi connectivity index (χ3v) is 9.23. The number of fused-ring (bicyclic) bond motifs is 1. The molecule has 11 heteroatoms. The van der Waals surface area contributed by atoms with E-state index in [0.29, 0.717) is 22.9 Å². The lowest BCUT2D eigenvalue weighted by molar-refractivity contribution is -0.156. The molecule has 1 saturated heterocycles. The number of carbonyl (C=O) groups excluding carboxylic acids is 1. The molecule has 0 radical (unpaired) electrons. The summed E-state index contributed by atoms with van der Waals surface area (Å²) in [6.07, 6.45) is -0.598. The number of hydrogen-bond donors (Lipinski definition) is 3. The monoisotopic (exact) mass is 476 g/mol. The maximum absolute atomic E-state index is 13.4. The molecule has 3 atom stereocenters. The predicted octanol–water partition coefficient (Wildman–Crippen LogP) is 1.09. The Bertz CT molecular complexity index is 1320. The summed E-state index contributed by atoms with van der Waals surface area (Å²) in [4.78, 5) is 26.0. The quantitative estimate of drug-likeness (QED) is 0.528. The van der Waals surface area contributed by atoms with Crippen molar-refractivity contribution in [1.82, 2.24) is 4.90 Å². The number of β-lactam (4-membered cyclic amide) rings is 1. The van der Waals surface area contributed by atoms with Gasteiger partial charge in [0, 0.05) is 16.9 Å². The van der Waals surface area contributed by atoms with Crippen molar-refractivity contribution in [3.8, 4) is 0 Å². The Hall–Kier alpha value is -2.60. The molecule has 32 heavy (non-hydrogen) atoms. The van der Waals surface area contributed by atoms with Gasteiger partial charge in [-0.25, -0.2) is 13.2 Å². The van der Waals surface area contributed by atoms with Crippen LogP contribution in [0.4, 0.5) is 5.69 Å². The van der Waals surface area contributed by atoms with Crippen LogP contribution in [0.5, 0.6) is 0 Å². The number of aliphatic hydroxyl groups is 2. The Morgan fingerprint density at radius 3 is 2.69 bits per heavy atom. The van der Waals surface area contributed by atoms with Crippen LogP contribution in [0.15, 0.2) is 45.8 Å². The van der Waals surface area contributed by atoms with Gasteiger partial charge in [0.2, 0.25) is 5.91 Å². The Kier molecular flexibility index (Phi) is 4.79. The van der Waals surface area contributed by atoms with Crippen LogP contribution in [0.1, 0.15) is 12.5 Å². The molecule has 0 unspecified atom stereocenters. The van der Waals surface area contributed by atoms with Gasteiger partial charge in [-0.2, -0.15) is 0 Å². The Balaban J connectivity index is 1.60. The van der Waals surface area contributed by atoms with Crippen molar-refractivity contribution in [3.05, 3.63) is 46.5 Å². The molecule has 3 aliphatic heterocycles. The van der Waals surface area contributed by atoms with E-state index in [9.17, 15) is 33.3 Å². The first kappa shape index (κ1) is 21.3. The molecular weight excluding hydrogens is 456 g/mol. The number of anilines is 1. The zero-order valence-corrected chi connectivity index (χ0v) is 18.6. The van der Waals surface area contributed by atoms with E-state index in [1.807, 2.05) is 6.07 Å². The lowest BCUT2D eigenvalue weighted by Crippen LogP contribution is -2.60. The van der Waals surface area contributed by atoms with Gasteiger partial charge in [-0.1, -0.05) is 30.0 Å². The number of carboxylic acid groups (broad SMARTS) is 1. The average molecular weight is 477 g/mol. The van der Waals surface area contributed by atoms with Gasteiger partial charge in [-0.3, -0.25) is 14.0 Å². The van der Waals surface area contributed by atoms with Crippen LogP contribution in [-0.2, 0) is 26.0 Å². The third kappa shape index (κ3) is 2.81. The highest BCUT2D eigenvalue weighted by atomic mass is 32.2. The van der Waals surface area contributed by atoms with Crippen LogP contribution < -0.4 is 4.31 Å². The molecule has 0 spiro atoms. The molecular formula is C21H20N2O7S2. The molecule has 5 rings (SSSR count). The smallest absolute Gasteiger partial charge is 0.353 e. The van der Waals surface area contributed by atoms with Crippen molar-refractivity contribution in [1.29, 1.82) is 0 Å². The van der Waals surface area contributed by atoms with Gasteiger partial charge in [-0.15, -0.1) is 0 Å². The molecule has 9 nitrogen and oxygen atoms in total. The van der Waals surface area contributed by atoms with Gasteiger partial charge in [0.15, 0.2) is 0 Å². The van der Waals surface area contributed by atoms with Crippen LogP contribution in [-0.4, -0.2) is 65.1 Å². The topological polar surface area (TPSA) is 135 Å². The fourth-order valence-corrected chi connectivity index (χ4v) is 7.98. The summed E-state index contributed by atoms with van der Waals surface area (Å²) in [5.74, 6) is -2.54. The minimum absolute atomic E-state index is 0.0962. The van der Waals surface area contributed by atoms with E-state index in [1.54, 1.807) is 18.2 Å². The maximum Gasteiger partial charge on any atom is 0.353 e. The largest absolute Gasteiger partial charge is 0.477 e. The molecule has 0 aromatic heterocycles. The summed E-state index contributed by atoms with van der Waals surface area (Å²) in [6, 6.07) is 8.50. The number of carbonyl (C=O) groups is 2. The number of nitrogens with zero attached hydrogens (tertiary/aromatic N) is 2. The molecule has 0 bridgehead atoms. The van der Waals surface area contributed by atoms with Gasteiger partial charge in [0.25, 0.3) is 10.0 Å². The Morgan fingerprint density at radius 2 is 2.03 bits per heavy atom. The molecule has 1 fully saturated rings. The van der Waals surface area contributed by atoms with Gasteiger partial charge in [0.05, 0.1) is 29.1 Å². The summed E-state index contributed by atoms with van der Waals surface area (Å²) in [6.45, 7) is 1.14. The van der Waals surface area contributed by atoms with Gasteiger partial charge in [0.1, 0.15) is 11.1 Å². The number of aliphatic hydroxyl groups excluding tert-OH is 2. The minimum atomic E-state index is -3.95. The second kappa shape index (κ2) is 7.20. The second-order valence-corrected chi connectivity index (χ2v) is 11.1. The number of rotatable bonds is 6. The van der Waals surface area contributed by atoms with Gasteiger partial charge in [-0.05, 0) is 36.4 Å². The zero-order valence-electron chi connectivity index (χ0n) is 16.9. The number of sulfonamides is 1. The predicted molar refractivity (Wildman–Crippen MR) is 117 cm³/mol. The molecule has 2 aromatic rings. The van der Waals surface area contributed by atoms with Crippen LogP contribution >= 0.6 is 11.8 Å². The number of aliphatic carboxylic acids is 1. The number of hydrogen-bond acceptors (Lipinski definition) is 7. The van der Waals surface area contributed by atoms with Crippen LogP contribution in [0.25, 0.3) is 10.8 Å². The van der Waals surface area contributed by atoms with Crippen LogP contribution in [0, 0.1) is 5.92 Å².